The molecule has 1 aromatic heterocycles. The van der Waals surface area contributed by atoms with Crippen molar-refractivity contribution in [1.29, 1.82) is 0 Å². The number of ether oxygens (including phenoxy) is 1. The van der Waals surface area contributed by atoms with Crippen LogP contribution in [0.2, 0.25) is 0 Å². The molecule has 1 unspecified atom stereocenters. The molecule has 0 aliphatic rings. The van der Waals surface area contributed by atoms with Crippen molar-refractivity contribution >= 4 is 6.09 Å². The van der Waals surface area contributed by atoms with Crippen molar-refractivity contribution in [2.45, 2.75) is 32.3 Å². The first-order valence-electron chi connectivity index (χ1n) is 7.27. The summed E-state index contributed by atoms with van der Waals surface area (Å²) in [7, 11) is 0. The summed E-state index contributed by atoms with van der Waals surface area (Å²) >= 11 is 0. The van der Waals surface area contributed by atoms with Crippen molar-refractivity contribution in [3.63, 3.8) is 0 Å². The molecule has 1 amide bonds. The van der Waals surface area contributed by atoms with Gasteiger partial charge in [0.25, 0.3) is 0 Å². The second-order valence-electron chi connectivity index (χ2n) is 5.85. The number of hydrogen-bond acceptors (Lipinski definition) is 5. The predicted octanol–water partition coefficient (Wildman–Crippen LogP) is 2.94. The largest absolute Gasteiger partial charge is 0.448 e. The van der Waals surface area contributed by atoms with Gasteiger partial charge in [0.1, 0.15) is 11.9 Å². The molecule has 0 fully saturated rings. The number of oxazole rings is 1. The Hall–Kier alpha value is -2.34. The van der Waals surface area contributed by atoms with Crippen LogP contribution in [0.1, 0.15) is 32.6 Å². The van der Waals surface area contributed by atoms with Crippen molar-refractivity contribution in [3.8, 4) is 0 Å². The molecule has 1 aromatic rings. The zero-order valence-corrected chi connectivity index (χ0v) is 13.8. The highest BCUT2D eigenvalue weighted by Crippen LogP contribution is 2.26. The van der Waals surface area contributed by atoms with Gasteiger partial charge in [0, 0.05) is 6.54 Å². The number of aliphatic hydroxyl groups excluding tert-OH is 1. The Morgan fingerprint density at radius 2 is 2.17 bits per heavy atom. The van der Waals surface area contributed by atoms with Crippen LogP contribution >= 0.6 is 0 Å². The lowest BCUT2D eigenvalue weighted by Crippen LogP contribution is -2.35. The molecule has 6 heteroatoms. The number of allylic oxidation sites excluding steroid dienone is 1. The van der Waals surface area contributed by atoms with E-state index < -0.39 is 17.6 Å². The van der Waals surface area contributed by atoms with Gasteiger partial charge >= 0.3 is 6.09 Å². The Morgan fingerprint density at radius 3 is 2.61 bits per heavy atom. The Bertz CT molecular complexity index is 568. The maximum atomic E-state index is 11.9. The first-order chi connectivity index (χ1) is 10.8. The molecule has 0 radical (unpaired) electrons. The number of aromatic nitrogens is 1. The molecule has 0 aliphatic carbocycles. The monoisotopic (exact) mass is 320 g/mol. The topological polar surface area (TPSA) is 84.6 Å². The molecule has 0 aliphatic heterocycles. The zero-order valence-electron chi connectivity index (χ0n) is 13.8. The fraction of sp³-hybridized carbons (Fsp3) is 0.412. The molecule has 0 saturated heterocycles. The fourth-order valence-electron chi connectivity index (χ4n) is 2.01. The lowest BCUT2D eigenvalue weighted by molar-refractivity contribution is 0.0525. The number of amides is 1. The van der Waals surface area contributed by atoms with E-state index in [-0.39, 0.29) is 13.2 Å². The summed E-state index contributed by atoms with van der Waals surface area (Å²) < 4.78 is 10.6. The second kappa shape index (κ2) is 8.33. The van der Waals surface area contributed by atoms with Crippen molar-refractivity contribution in [2.75, 3.05) is 13.2 Å². The number of hydrogen-bond donors (Lipinski definition) is 2. The van der Waals surface area contributed by atoms with Crippen LogP contribution in [0.25, 0.3) is 0 Å². The van der Waals surface area contributed by atoms with Gasteiger partial charge in [-0.05, 0) is 31.9 Å². The van der Waals surface area contributed by atoms with E-state index in [0.29, 0.717) is 17.0 Å². The van der Waals surface area contributed by atoms with Gasteiger partial charge in [-0.1, -0.05) is 25.3 Å². The van der Waals surface area contributed by atoms with Crippen LogP contribution in [0.5, 0.6) is 0 Å². The van der Waals surface area contributed by atoms with Crippen LogP contribution in [-0.2, 0) is 4.74 Å². The zero-order chi connectivity index (χ0) is 17.5. The average Bonchev–Trinajstić information content (AvgIpc) is 2.98. The summed E-state index contributed by atoms with van der Waals surface area (Å²) in [6.45, 7) is 12.8. The van der Waals surface area contributed by atoms with E-state index in [4.69, 9.17) is 9.15 Å². The van der Waals surface area contributed by atoms with Crippen LogP contribution in [0.4, 0.5) is 4.79 Å². The third-order valence-corrected chi connectivity index (χ3v) is 2.98. The molecule has 1 atom stereocenters. The van der Waals surface area contributed by atoms with Gasteiger partial charge in [-0.3, -0.25) is 0 Å². The summed E-state index contributed by atoms with van der Waals surface area (Å²) in [6, 6.07) is 0. The van der Waals surface area contributed by atoms with Crippen molar-refractivity contribution in [3.05, 3.63) is 54.8 Å². The molecular formula is C17H24N2O4. The number of rotatable bonds is 7. The van der Waals surface area contributed by atoms with Crippen LogP contribution in [0.3, 0.4) is 0 Å². The highest BCUT2D eigenvalue weighted by molar-refractivity contribution is 5.67. The summed E-state index contributed by atoms with van der Waals surface area (Å²) in [5, 5.41) is 12.2. The molecule has 0 bridgehead atoms. The van der Waals surface area contributed by atoms with Crippen molar-refractivity contribution in [2.24, 2.45) is 0 Å². The highest BCUT2D eigenvalue weighted by atomic mass is 16.6. The standard InChI is InChI=1S/C17H24N2O4/c1-6-12(11-20)13(7-2)14(15-18-8-9-22-15)10-19-16(21)23-17(3,4)5/h6-9,14,20H,1-2,10-11H2,3-5H3,(H,19,21)/b13-12-. The number of carbonyl (C=O) groups is 1. The van der Waals surface area contributed by atoms with E-state index in [1.807, 2.05) is 0 Å². The fourth-order valence-corrected chi connectivity index (χ4v) is 2.01. The van der Waals surface area contributed by atoms with Gasteiger partial charge in [-0.25, -0.2) is 9.78 Å². The smallest absolute Gasteiger partial charge is 0.407 e. The van der Waals surface area contributed by atoms with E-state index in [9.17, 15) is 9.90 Å². The van der Waals surface area contributed by atoms with Gasteiger partial charge in [-0.2, -0.15) is 0 Å². The molecule has 1 rings (SSSR count). The van der Waals surface area contributed by atoms with Gasteiger partial charge in [-0.15, -0.1) is 0 Å². The van der Waals surface area contributed by atoms with Crippen LogP contribution < -0.4 is 5.32 Å². The van der Waals surface area contributed by atoms with Gasteiger partial charge < -0.3 is 19.6 Å². The van der Waals surface area contributed by atoms with E-state index in [2.05, 4.69) is 23.5 Å². The number of nitrogens with zero attached hydrogens (tertiary/aromatic N) is 1. The minimum absolute atomic E-state index is 0.189. The molecule has 1 heterocycles. The highest BCUT2D eigenvalue weighted by Gasteiger charge is 2.24. The van der Waals surface area contributed by atoms with Crippen LogP contribution in [-0.4, -0.2) is 34.9 Å². The summed E-state index contributed by atoms with van der Waals surface area (Å²) in [5.74, 6) is -0.000993. The molecular weight excluding hydrogens is 296 g/mol. The molecule has 0 spiro atoms. The number of aliphatic hydroxyl groups is 1. The second-order valence-corrected chi connectivity index (χ2v) is 5.85. The minimum Gasteiger partial charge on any atom is -0.448 e. The lowest BCUT2D eigenvalue weighted by atomic mass is 9.93. The quantitative estimate of drug-likeness (QED) is 0.755. The van der Waals surface area contributed by atoms with E-state index in [1.165, 1.54) is 12.5 Å². The van der Waals surface area contributed by atoms with Gasteiger partial charge in [0.15, 0.2) is 0 Å². The maximum Gasteiger partial charge on any atom is 0.407 e. The van der Waals surface area contributed by atoms with Crippen LogP contribution in [0.15, 0.2) is 53.3 Å². The Labute approximate surface area is 136 Å². The van der Waals surface area contributed by atoms with E-state index in [1.54, 1.807) is 32.9 Å². The summed E-state index contributed by atoms with van der Waals surface area (Å²) in [6.07, 6.45) is 5.56. The SMILES string of the molecule is C=C/C(CO)=C(\C=C)C(CNC(=O)OC(C)(C)C)c1ncco1. The Balaban J connectivity index is 2.99. The third kappa shape index (κ3) is 5.75. The van der Waals surface area contributed by atoms with Crippen molar-refractivity contribution in [1.82, 2.24) is 10.3 Å². The normalized spacial score (nSPS) is 13.7. The number of carbonyl (C=O) groups excluding carboxylic acids is 1. The van der Waals surface area contributed by atoms with Gasteiger partial charge in [0.2, 0.25) is 5.89 Å². The predicted molar refractivity (Wildman–Crippen MR) is 88.0 cm³/mol. The molecule has 0 saturated carbocycles. The lowest BCUT2D eigenvalue weighted by Gasteiger charge is -2.22. The minimum atomic E-state index is -0.586. The van der Waals surface area contributed by atoms with E-state index in [0.717, 1.165) is 0 Å². The van der Waals surface area contributed by atoms with Crippen LogP contribution in [0, 0.1) is 0 Å². The average molecular weight is 320 g/mol. The Morgan fingerprint density at radius 1 is 1.48 bits per heavy atom. The summed E-state index contributed by atoms with van der Waals surface area (Å²) in [4.78, 5) is 16.0. The molecule has 23 heavy (non-hydrogen) atoms. The van der Waals surface area contributed by atoms with Gasteiger partial charge in [0.05, 0.1) is 18.7 Å². The first-order valence-corrected chi connectivity index (χ1v) is 7.27. The summed E-state index contributed by atoms with van der Waals surface area (Å²) in [5.41, 5.74) is 0.687. The maximum absolute atomic E-state index is 11.9. The third-order valence-electron chi connectivity index (χ3n) is 2.98. The number of alkyl carbamates (subject to hydrolysis) is 1. The number of nitrogens with one attached hydrogen (secondary N) is 1. The molecule has 0 aromatic carbocycles. The Kier molecular flexibility index (Phi) is 6.78. The molecule has 126 valence electrons. The van der Waals surface area contributed by atoms with Crippen molar-refractivity contribution < 1.29 is 19.1 Å². The molecule has 6 nitrogen and oxygen atoms in total. The molecule has 2 N–H and O–H groups in total. The van der Waals surface area contributed by atoms with E-state index >= 15 is 0 Å². The first kappa shape index (κ1) is 18.7.